The third-order valence-electron chi connectivity index (χ3n) is 4.34. The van der Waals surface area contributed by atoms with E-state index in [-0.39, 0.29) is 11.5 Å². The lowest BCUT2D eigenvalue weighted by atomic mass is 9.89. The van der Waals surface area contributed by atoms with Gasteiger partial charge < -0.3 is 5.11 Å². The number of unbranched alkanes of at least 4 members (excludes halogenated alkanes) is 3. The number of rotatable bonds is 7. The topological polar surface area (TPSA) is 40.5 Å². The Hall–Kier alpha value is -0.570. The first kappa shape index (κ1) is 15.5. The van der Waals surface area contributed by atoms with Gasteiger partial charge in [-0.1, -0.05) is 32.6 Å². The number of hydrogen-bond donors (Lipinski definition) is 1. The molecule has 0 atom stereocenters. The standard InChI is InChI=1S/C15H29NO2/c1-4-5-6-7-10-15(2,3)16-11-8-13(9-12-16)14(17)18/h13H,4-12H2,1-3H3,(H,17,18). The Balaban J connectivity index is 2.33. The highest BCUT2D eigenvalue weighted by Gasteiger charge is 2.32. The number of carbonyl (C=O) groups is 1. The third-order valence-corrected chi connectivity index (χ3v) is 4.34. The zero-order chi connectivity index (χ0) is 13.6. The van der Waals surface area contributed by atoms with E-state index in [1.54, 1.807) is 0 Å². The van der Waals surface area contributed by atoms with Crippen molar-refractivity contribution in [2.75, 3.05) is 13.1 Å². The van der Waals surface area contributed by atoms with Crippen LogP contribution in [0.3, 0.4) is 0 Å². The van der Waals surface area contributed by atoms with Crippen molar-refractivity contribution in [1.82, 2.24) is 4.90 Å². The van der Waals surface area contributed by atoms with Crippen molar-refractivity contribution in [2.24, 2.45) is 5.92 Å². The molecular formula is C15H29NO2. The molecule has 0 saturated carbocycles. The molecular weight excluding hydrogens is 226 g/mol. The van der Waals surface area contributed by atoms with E-state index in [1.165, 1.54) is 32.1 Å². The number of likely N-dealkylation sites (tertiary alicyclic amines) is 1. The maximum Gasteiger partial charge on any atom is 0.306 e. The molecule has 1 N–H and O–H groups in total. The van der Waals surface area contributed by atoms with E-state index in [0.717, 1.165) is 25.9 Å². The summed E-state index contributed by atoms with van der Waals surface area (Å²) < 4.78 is 0. The molecule has 0 aromatic carbocycles. The Morgan fingerprint density at radius 1 is 1.22 bits per heavy atom. The number of piperidine rings is 1. The first-order valence-corrected chi connectivity index (χ1v) is 7.45. The highest BCUT2D eigenvalue weighted by atomic mass is 16.4. The van der Waals surface area contributed by atoms with E-state index in [2.05, 4.69) is 25.7 Å². The summed E-state index contributed by atoms with van der Waals surface area (Å²) in [5.41, 5.74) is 0.233. The van der Waals surface area contributed by atoms with Crippen LogP contribution in [0.1, 0.15) is 65.7 Å². The van der Waals surface area contributed by atoms with Crippen LogP contribution in [0.4, 0.5) is 0 Å². The molecule has 1 aliphatic rings. The van der Waals surface area contributed by atoms with Crippen molar-refractivity contribution in [3.63, 3.8) is 0 Å². The van der Waals surface area contributed by atoms with Crippen LogP contribution in [-0.2, 0) is 4.79 Å². The van der Waals surface area contributed by atoms with Crippen molar-refractivity contribution < 1.29 is 9.90 Å². The molecule has 3 nitrogen and oxygen atoms in total. The molecule has 0 aromatic rings. The fourth-order valence-corrected chi connectivity index (χ4v) is 2.87. The van der Waals surface area contributed by atoms with Crippen LogP contribution >= 0.6 is 0 Å². The second-order valence-electron chi connectivity index (χ2n) is 6.22. The third kappa shape index (κ3) is 4.60. The fraction of sp³-hybridized carbons (Fsp3) is 0.933. The van der Waals surface area contributed by atoms with Gasteiger partial charge in [0.15, 0.2) is 0 Å². The number of nitrogens with zero attached hydrogens (tertiary/aromatic N) is 1. The van der Waals surface area contributed by atoms with Crippen LogP contribution in [0.2, 0.25) is 0 Å². The molecule has 1 saturated heterocycles. The van der Waals surface area contributed by atoms with Crippen LogP contribution in [0.15, 0.2) is 0 Å². The highest BCUT2D eigenvalue weighted by Crippen LogP contribution is 2.28. The van der Waals surface area contributed by atoms with Crippen LogP contribution in [0.25, 0.3) is 0 Å². The van der Waals surface area contributed by atoms with E-state index >= 15 is 0 Å². The lowest BCUT2D eigenvalue weighted by molar-refractivity contribution is -0.143. The molecule has 0 amide bonds. The van der Waals surface area contributed by atoms with Gasteiger partial charge >= 0.3 is 5.97 Å². The Kier molecular flexibility index (Phi) is 6.13. The van der Waals surface area contributed by atoms with Gasteiger partial charge in [-0.2, -0.15) is 0 Å². The van der Waals surface area contributed by atoms with Gasteiger partial charge in [-0.15, -0.1) is 0 Å². The maximum absolute atomic E-state index is 10.9. The fourth-order valence-electron chi connectivity index (χ4n) is 2.87. The van der Waals surface area contributed by atoms with E-state index < -0.39 is 5.97 Å². The lowest BCUT2D eigenvalue weighted by Crippen LogP contribution is -2.48. The highest BCUT2D eigenvalue weighted by molar-refractivity contribution is 5.70. The van der Waals surface area contributed by atoms with Crippen molar-refractivity contribution >= 4 is 5.97 Å². The summed E-state index contributed by atoms with van der Waals surface area (Å²) in [4.78, 5) is 13.4. The molecule has 1 aliphatic heterocycles. The molecule has 0 aromatic heterocycles. The normalized spacial score (nSPS) is 19.1. The largest absolute Gasteiger partial charge is 0.481 e. The number of hydrogen-bond acceptors (Lipinski definition) is 2. The van der Waals surface area contributed by atoms with Gasteiger partial charge in [-0.3, -0.25) is 9.69 Å². The first-order valence-electron chi connectivity index (χ1n) is 7.45. The van der Waals surface area contributed by atoms with E-state index in [9.17, 15) is 4.79 Å². The molecule has 0 aliphatic carbocycles. The minimum atomic E-state index is -0.615. The summed E-state index contributed by atoms with van der Waals surface area (Å²) in [7, 11) is 0. The number of aliphatic carboxylic acids is 1. The minimum absolute atomic E-state index is 0.114. The summed E-state index contributed by atoms with van der Waals surface area (Å²) in [6, 6.07) is 0. The Labute approximate surface area is 112 Å². The SMILES string of the molecule is CCCCCCC(C)(C)N1CCC(C(=O)O)CC1. The second kappa shape index (κ2) is 7.13. The van der Waals surface area contributed by atoms with Crippen LogP contribution in [-0.4, -0.2) is 34.6 Å². The summed E-state index contributed by atoms with van der Waals surface area (Å²) in [6.45, 7) is 8.73. The number of carboxylic acid groups (broad SMARTS) is 1. The second-order valence-corrected chi connectivity index (χ2v) is 6.22. The molecule has 1 fully saturated rings. The van der Waals surface area contributed by atoms with Gasteiger partial charge in [0.25, 0.3) is 0 Å². The summed E-state index contributed by atoms with van der Waals surface area (Å²) >= 11 is 0. The molecule has 1 heterocycles. The Morgan fingerprint density at radius 2 is 1.83 bits per heavy atom. The molecule has 18 heavy (non-hydrogen) atoms. The van der Waals surface area contributed by atoms with Gasteiger partial charge in [-0.05, 0) is 46.2 Å². The van der Waals surface area contributed by atoms with Crippen molar-refractivity contribution in [1.29, 1.82) is 0 Å². The average Bonchev–Trinajstić information content (AvgIpc) is 2.35. The van der Waals surface area contributed by atoms with Gasteiger partial charge in [0.1, 0.15) is 0 Å². The van der Waals surface area contributed by atoms with Crippen molar-refractivity contribution in [2.45, 2.75) is 71.3 Å². The quantitative estimate of drug-likeness (QED) is 0.707. The van der Waals surface area contributed by atoms with Crippen molar-refractivity contribution in [3.8, 4) is 0 Å². The Bertz CT molecular complexity index is 255. The molecule has 0 bridgehead atoms. The molecule has 3 heteroatoms. The molecule has 1 rings (SSSR count). The molecule has 106 valence electrons. The average molecular weight is 255 g/mol. The van der Waals surface area contributed by atoms with Crippen LogP contribution < -0.4 is 0 Å². The first-order chi connectivity index (χ1) is 8.47. The Morgan fingerprint density at radius 3 is 2.33 bits per heavy atom. The predicted octanol–water partition coefficient (Wildman–Crippen LogP) is 3.53. The van der Waals surface area contributed by atoms with Gasteiger partial charge in [-0.25, -0.2) is 0 Å². The molecule has 0 unspecified atom stereocenters. The summed E-state index contributed by atoms with van der Waals surface area (Å²) in [5.74, 6) is -0.729. The summed E-state index contributed by atoms with van der Waals surface area (Å²) in [5, 5.41) is 9.01. The zero-order valence-electron chi connectivity index (χ0n) is 12.2. The maximum atomic E-state index is 10.9. The minimum Gasteiger partial charge on any atom is -0.481 e. The summed E-state index contributed by atoms with van der Waals surface area (Å²) in [6.07, 6.45) is 8.08. The zero-order valence-corrected chi connectivity index (χ0v) is 12.2. The van der Waals surface area contributed by atoms with E-state index in [1.807, 2.05) is 0 Å². The smallest absolute Gasteiger partial charge is 0.306 e. The van der Waals surface area contributed by atoms with Gasteiger partial charge in [0.05, 0.1) is 5.92 Å². The lowest BCUT2D eigenvalue weighted by Gasteiger charge is -2.42. The number of carboxylic acids is 1. The van der Waals surface area contributed by atoms with E-state index in [0.29, 0.717) is 0 Å². The predicted molar refractivity (Wildman–Crippen MR) is 74.8 cm³/mol. The van der Waals surface area contributed by atoms with Gasteiger partial charge in [0, 0.05) is 5.54 Å². The van der Waals surface area contributed by atoms with Crippen molar-refractivity contribution in [3.05, 3.63) is 0 Å². The van der Waals surface area contributed by atoms with Gasteiger partial charge in [0.2, 0.25) is 0 Å². The monoisotopic (exact) mass is 255 g/mol. The molecule has 0 spiro atoms. The van der Waals surface area contributed by atoms with E-state index in [4.69, 9.17) is 5.11 Å². The molecule has 0 radical (unpaired) electrons. The van der Waals surface area contributed by atoms with Crippen LogP contribution in [0, 0.1) is 5.92 Å². The van der Waals surface area contributed by atoms with Crippen LogP contribution in [0.5, 0.6) is 0 Å².